The molecule has 136 valence electrons. The zero-order valence-corrected chi connectivity index (χ0v) is 16.0. The lowest BCUT2D eigenvalue weighted by atomic mass is 9.90. The number of piperidine rings is 1. The van der Waals surface area contributed by atoms with Crippen LogP contribution in [0, 0.1) is 13.8 Å². The summed E-state index contributed by atoms with van der Waals surface area (Å²) in [7, 11) is 2.09. The zero-order chi connectivity index (χ0) is 18.1. The van der Waals surface area contributed by atoms with E-state index in [0.717, 1.165) is 13.1 Å². The second kappa shape index (κ2) is 7.26. The van der Waals surface area contributed by atoms with Gasteiger partial charge in [-0.05, 0) is 62.1 Å². The second-order valence-electron chi connectivity index (χ2n) is 7.66. The van der Waals surface area contributed by atoms with Crippen molar-refractivity contribution < 1.29 is 0 Å². The van der Waals surface area contributed by atoms with E-state index in [0.29, 0.717) is 12.1 Å². The Balaban J connectivity index is 1.69. The predicted octanol–water partition coefficient (Wildman–Crippen LogP) is 4.71. The van der Waals surface area contributed by atoms with Crippen molar-refractivity contribution in [2.75, 3.05) is 13.6 Å². The number of aryl methyl sites for hydroxylation is 2. The van der Waals surface area contributed by atoms with Gasteiger partial charge < -0.3 is 10.3 Å². The summed E-state index contributed by atoms with van der Waals surface area (Å²) in [6, 6.07) is 16.6. The molecule has 1 aliphatic heterocycles. The molecular weight excluding hydrogens is 318 g/mol. The summed E-state index contributed by atoms with van der Waals surface area (Å²) >= 11 is 0. The molecule has 0 amide bonds. The lowest BCUT2D eigenvalue weighted by molar-refractivity contribution is 0.120. The molecule has 0 aliphatic carbocycles. The molecule has 2 atom stereocenters. The smallest absolute Gasteiger partial charge is 0.0487 e. The lowest BCUT2D eigenvalue weighted by Crippen LogP contribution is -2.43. The molecule has 2 N–H and O–H groups in total. The van der Waals surface area contributed by atoms with Gasteiger partial charge in [0.25, 0.3) is 0 Å². The molecule has 0 saturated carbocycles. The van der Waals surface area contributed by atoms with Gasteiger partial charge in [-0.1, -0.05) is 36.4 Å². The lowest BCUT2D eigenvalue weighted by Gasteiger charge is -2.40. The van der Waals surface area contributed by atoms with Crippen LogP contribution in [0.2, 0.25) is 0 Å². The van der Waals surface area contributed by atoms with Gasteiger partial charge in [-0.3, -0.25) is 4.90 Å². The SMILES string of the molecule is CN[C@H]1CCN(Cc2c(C)cc(C)c3[nH]ccc23)[C@H](c2ccccc2)C1. The van der Waals surface area contributed by atoms with Crippen LogP contribution in [0.15, 0.2) is 48.7 Å². The number of likely N-dealkylation sites (tertiary alicyclic amines) is 1. The molecule has 3 heteroatoms. The van der Waals surface area contributed by atoms with Crippen LogP contribution >= 0.6 is 0 Å². The van der Waals surface area contributed by atoms with Crippen LogP contribution < -0.4 is 5.32 Å². The van der Waals surface area contributed by atoms with Crippen LogP contribution in [0.3, 0.4) is 0 Å². The molecule has 1 aliphatic rings. The first-order valence-corrected chi connectivity index (χ1v) is 9.70. The van der Waals surface area contributed by atoms with E-state index in [1.54, 1.807) is 0 Å². The molecule has 3 aromatic rings. The van der Waals surface area contributed by atoms with E-state index >= 15 is 0 Å². The number of aromatic amines is 1. The van der Waals surface area contributed by atoms with E-state index in [2.05, 4.69) is 84.8 Å². The highest BCUT2D eigenvalue weighted by molar-refractivity contribution is 5.86. The fraction of sp³-hybridized carbons (Fsp3) is 0.391. The summed E-state index contributed by atoms with van der Waals surface area (Å²) in [5, 5.41) is 4.88. The normalized spacial score (nSPS) is 21.3. The van der Waals surface area contributed by atoms with Crippen LogP contribution in [-0.2, 0) is 6.54 Å². The Morgan fingerprint density at radius 3 is 2.69 bits per heavy atom. The number of aromatic nitrogens is 1. The number of fused-ring (bicyclic) bond motifs is 1. The minimum atomic E-state index is 0.470. The highest BCUT2D eigenvalue weighted by Crippen LogP contribution is 2.34. The van der Waals surface area contributed by atoms with E-state index < -0.39 is 0 Å². The second-order valence-corrected chi connectivity index (χ2v) is 7.66. The topological polar surface area (TPSA) is 31.1 Å². The number of nitrogens with zero attached hydrogens (tertiary/aromatic N) is 1. The largest absolute Gasteiger partial charge is 0.361 e. The molecule has 26 heavy (non-hydrogen) atoms. The first-order chi connectivity index (χ1) is 12.7. The molecular formula is C23H29N3. The summed E-state index contributed by atoms with van der Waals surface area (Å²) in [4.78, 5) is 6.10. The van der Waals surface area contributed by atoms with Crippen molar-refractivity contribution in [3.63, 3.8) is 0 Å². The average molecular weight is 348 g/mol. The van der Waals surface area contributed by atoms with Gasteiger partial charge in [-0.15, -0.1) is 0 Å². The predicted molar refractivity (Wildman–Crippen MR) is 109 cm³/mol. The van der Waals surface area contributed by atoms with E-state index in [4.69, 9.17) is 0 Å². The minimum absolute atomic E-state index is 0.470. The van der Waals surface area contributed by atoms with Crippen LogP contribution in [-0.4, -0.2) is 29.5 Å². The fourth-order valence-corrected chi connectivity index (χ4v) is 4.54. The van der Waals surface area contributed by atoms with Crippen molar-refractivity contribution in [3.05, 3.63) is 70.9 Å². The average Bonchev–Trinajstić information content (AvgIpc) is 3.16. The van der Waals surface area contributed by atoms with E-state index in [9.17, 15) is 0 Å². The fourth-order valence-electron chi connectivity index (χ4n) is 4.54. The standard InChI is InChI=1S/C23H29N3/c1-16-13-17(2)23-20(9-11-25-23)21(16)15-26-12-10-19(24-3)14-22(26)18-7-5-4-6-8-18/h4-9,11,13,19,22,24-25H,10,12,14-15H2,1-3H3/t19-,22-/m0/s1. The van der Waals surface area contributed by atoms with Crippen LogP contribution in [0.25, 0.3) is 10.9 Å². The monoisotopic (exact) mass is 347 g/mol. The van der Waals surface area contributed by atoms with Crippen molar-refractivity contribution in [1.29, 1.82) is 0 Å². The van der Waals surface area contributed by atoms with Gasteiger partial charge in [-0.25, -0.2) is 0 Å². The Labute approximate surface area is 156 Å². The van der Waals surface area contributed by atoms with Crippen molar-refractivity contribution in [2.24, 2.45) is 0 Å². The Kier molecular flexibility index (Phi) is 4.84. The third-order valence-corrected chi connectivity index (χ3v) is 6.04. The Morgan fingerprint density at radius 2 is 1.92 bits per heavy atom. The van der Waals surface area contributed by atoms with E-state index in [1.165, 1.54) is 46.0 Å². The Hall–Kier alpha value is -2.10. The van der Waals surface area contributed by atoms with Crippen LogP contribution in [0.1, 0.15) is 41.1 Å². The Bertz CT molecular complexity index is 881. The van der Waals surface area contributed by atoms with Crippen molar-refractivity contribution in [3.8, 4) is 0 Å². The van der Waals surface area contributed by atoms with E-state index in [1.807, 2.05) is 0 Å². The molecule has 0 unspecified atom stereocenters. The Morgan fingerprint density at radius 1 is 1.12 bits per heavy atom. The highest BCUT2D eigenvalue weighted by atomic mass is 15.2. The maximum Gasteiger partial charge on any atom is 0.0487 e. The maximum absolute atomic E-state index is 3.50. The molecule has 3 nitrogen and oxygen atoms in total. The molecule has 1 fully saturated rings. The van der Waals surface area contributed by atoms with Crippen LogP contribution in [0.4, 0.5) is 0 Å². The molecule has 1 aromatic heterocycles. The van der Waals surface area contributed by atoms with Gasteiger partial charge >= 0.3 is 0 Å². The van der Waals surface area contributed by atoms with Gasteiger partial charge in [0.1, 0.15) is 0 Å². The van der Waals surface area contributed by atoms with Gasteiger partial charge in [0.05, 0.1) is 0 Å². The van der Waals surface area contributed by atoms with Gasteiger partial charge in [0, 0.05) is 42.3 Å². The molecule has 0 spiro atoms. The first-order valence-electron chi connectivity index (χ1n) is 9.70. The first kappa shape index (κ1) is 17.3. The molecule has 0 bridgehead atoms. The summed E-state index contributed by atoms with van der Waals surface area (Å²) < 4.78 is 0. The molecule has 0 radical (unpaired) electrons. The third-order valence-electron chi connectivity index (χ3n) is 6.04. The number of nitrogens with one attached hydrogen (secondary N) is 2. The van der Waals surface area contributed by atoms with Crippen LogP contribution in [0.5, 0.6) is 0 Å². The molecule has 2 heterocycles. The summed E-state index contributed by atoms with van der Waals surface area (Å²) in [5.41, 5.74) is 6.92. The van der Waals surface area contributed by atoms with Gasteiger partial charge in [0.15, 0.2) is 0 Å². The number of hydrogen-bond acceptors (Lipinski definition) is 2. The zero-order valence-electron chi connectivity index (χ0n) is 16.0. The number of H-pyrrole nitrogens is 1. The van der Waals surface area contributed by atoms with Crippen molar-refractivity contribution in [1.82, 2.24) is 15.2 Å². The summed E-state index contributed by atoms with van der Waals surface area (Å²) in [6.45, 7) is 6.59. The minimum Gasteiger partial charge on any atom is -0.361 e. The summed E-state index contributed by atoms with van der Waals surface area (Å²) in [5.74, 6) is 0. The molecule has 4 rings (SSSR count). The third kappa shape index (κ3) is 3.17. The molecule has 1 saturated heterocycles. The summed E-state index contributed by atoms with van der Waals surface area (Å²) in [6.07, 6.45) is 4.45. The number of benzene rings is 2. The molecule has 2 aromatic carbocycles. The number of rotatable bonds is 4. The number of hydrogen-bond donors (Lipinski definition) is 2. The van der Waals surface area contributed by atoms with E-state index in [-0.39, 0.29) is 0 Å². The van der Waals surface area contributed by atoms with Crippen molar-refractivity contribution in [2.45, 2.75) is 45.3 Å². The quantitative estimate of drug-likeness (QED) is 0.716. The maximum atomic E-state index is 3.50. The van der Waals surface area contributed by atoms with Crippen molar-refractivity contribution >= 4 is 10.9 Å². The highest BCUT2D eigenvalue weighted by Gasteiger charge is 2.29. The van der Waals surface area contributed by atoms with Gasteiger partial charge in [0.2, 0.25) is 0 Å². The van der Waals surface area contributed by atoms with Gasteiger partial charge in [-0.2, -0.15) is 0 Å².